The molecule has 0 fully saturated rings. The van der Waals surface area contributed by atoms with E-state index < -0.39 is 29.5 Å². The van der Waals surface area contributed by atoms with Gasteiger partial charge in [0.15, 0.2) is 0 Å². The lowest BCUT2D eigenvalue weighted by atomic mass is 9.74. The number of carboxylic acid groups (broad SMARTS) is 1. The third-order valence-electron chi connectivity index (χ3n) is 3.30. The number of carbonyl (C=O) groups is 1. The predicted molar refractivity (Wildman–Crippen MR) is 58.8 cm³/mol. The van der Waals surface area contributed by atoms with Crippen LogP contribution in [0.4, 0.5) is 13.2 Å². The molecule has 0 atom stereocenters. The van der Waals surface area contributed by atoms with Gasteiger partial charge in [-0.25, -0.2) is 0 Å². The Morgan fingerprint density at radius 3 is 2.00 bits per heavy atom. The minimum Gasteiger partial charge on any atom is -0.481 e. The first-order valence-electron chi connectivity index (χ1n) is 5.45. The molecule has 0 aliphatic heterocycles. The highest BCUT2D eigenvalue weighted by molar-refractivity contribution is 5.75. The fourth-order valence-electron chi connectivity index (χ4n) is 1.18. The van der Waals surface area contributed by atoms with E-state index in [2.05, 4.69) is 5.32 Å². The standard InChI is InChI=1S/C11H20F3NO2/c1-9(2,8(16)17)10(3,4)15-7-5-6-11(12,13)14/h15H,5-7H2,1-4H3,(H,16,17). The molecule has 0 radical (unpaired) electrons. The normalized spacial score (nSPS) is 13.8. The Morgan fingerprint density at radius 2 is 1.65 bits per heavy atom. The largest absolute Gasteiger partial charge is 0.481 e. The van der Waals surface area contributed by atoms with Gasteiger partial charge in [0.2, 0.25) is 0 Å². The lowest BCUT2D eigenvalue weighted by Crippen LogP contribution is -2.55. The van der Waals surface area contributed by atoms with Gasteiger partial charge in [-0.1, -0.05) is 0 Å². The highest BCUT2D eigenvalue weighted by Gasteiger charge is 2.43. The van der Waals surface area contributed by atoms with Gasteiger partial charge < -0.3 is 10.4 Å². The molecule has 102 valence electrons. The second kappa shape index (κ2) is 5.25. The van der Waals surface area contributed by atoms with Crippen LogP contribution in [0.15, 0.2) is 0 Å². The molecule has 0 aromatic carbocycles. The molecule has 0 aliphatic carbocycles. The van der Waals surface area contributed by atoms with Gasteiger partial charge in [-0.3, -0.25) is 4.79 Å². The Morgan fingerprint density at radius 1 is 1.18 bits per heavy atom. The summed E-state index contributed by atoms with van der Waals surface area (Å²) in [6.45, 7) is 6.59. The van der Waals surface area contributed by atoms with Crippen LogP contribution < -0.4 is 5.32 Å². The van der Waals surface area contributed by atoms with Crippen molar-refractivity contribution in [2.75, 3.05) is 6.54 Å². The summed E-state index contributed by atoms with van der Waals surface area (Å²) in [7, 11) is 0. The maximum Gasteiger partial charge on any atom is 0.389 e. The minimum absolute atomic E-state index is 0.0529. The molecule has 0 heterocycles. The predicted octanol–water partition coefficient (Wildman–Crippen LogP) is 2.81. The van der Waals surface area contributed by atoms with E-state index in [1.54, 1.807) is 27.7 Å². The van der Waals surface area contributed by atoms with Crippen molar-refractivity contribution in [2.24, 2.45) is 5.41 Å². The number of nitrogens with one attached hydrogen (secondary N) is 1. The maximum absolute atomic E-state index is 11.9. The summed E-state index contributed by atoms with van der Waals surface area (Å²) < 4.78 is 35.7. The van der Waals surface area contributed by atoms with E-state index in [1.807, 2.05) is 0 Å². The van der Waals surface area contributed by atoms with Crippen LogP contribution in [0.1, 0.15) is 40.5 Å². The van der Waals surface area contributed by atoms with Crippen LogP contribution in [0.3, 0.4) is 0 Å². The van der Waals surface area contributed by atoms with Gasteiger partial charge in [-0.05, 0) is 40.7 Å². The Labute approximate surface area is 99.4 Å². The first-order chi connectivity index (χ1) is 7.40. The summed E-state index contributed by atoms with van der Waals surface area (Å²) in [6, 6.07) is 0. The van der Waals surface area contributed by atoms with Gasteiger partial charge in [0, 0.05) is 12.0 Å². The summed E-state index contributed by atoms with van der Waals surface area (Å²) in [4.78, 5) is 11.0. The molecule has 0 aliphatic rings. The molecule has 0 bridgehead atoms. The van der Waals surface area contributed by atoms with E-state index in [4.69, 9.17) is 5.11 Å². The number of carboxylic acids is 1. The molecule has 17 heavy (non-hydrogen) atoms. The zero-order chi connectivity index (χ0) is 13.9. The molecule has 0 rings (SSSR count). The molecular formula is C11H20F3NO2. The van der Waals surface area contributed by atoms with Crippen LogP contribution in [0.2, 0.25) is 0 Å². The Kier molecular flexibility index (Phi) is 5.01. The summed E-state index contributed by atoms with van der Waals surface area (Å²) >= 11 is 0. The molecule has 0 spiro atoms. The van der Waals surface area contributed by atoms with Crippen molar-refractivity contribution >= 4 is 5.97 Å². The molecule has 0 amide bonds. The zero-order valence-corrected chi connectivity index (χ0v) is 10.6. The fraction of sp³-hybridized carbons (Fsp3) is 0.909. The SMILES string of the molecule is CC(C)(NCCCC(F)(F)F)C(C)(C)C(=O)O. The topological polar surface area (TPSA) is 49.3 Å². The Bertz CT molecular complexity index is 272. The van der Waals surface area contributed by atoms with Crippen molar-refractivity contribution in [1.82, 2.24) is 5.32 Å². The Balaban J connectivity index is 4.24. The third-order valence-corrected chi connectivity index (χ3v) is 3.30. The first kappa shape index (κ1) is 16.2. The highest BCUT2D eigenvalue weighted by atomic mass is 19.4. The third kappa shape index (κ3) is 4.93. The monoisotopic (exact) mass is 255 g/mol. The summed E-state index contributed by atoms with van der Waals surface area (Å²) in [5.74, 6) is -0.981. The van der Waals surface area contributed by atoms with Crippen LogP contribution >= 0.6 is 0 Å². The first-order valence-corrected chi connectivity index (χ1v) is 5.45. The lowest BCUT2D eigenvalue weighted by molar-refractivity contribution is -0.151. The van der Waals surface area contributed by atoms with E-state index in [-0.39, 0.29) is 13.0 Å². The van der Waals surface area contributed by atoms with Crippen LogP contribution in [0.25, 0.3) is 0 Å². The minimum atomic E-state index is -4.16. The second-order valence-electron chi connectivity index (χ2n) is 5.20. The van der Waals surface area contributed by atoms with Crippen molar-refractivity contribution in [3.8, 4) is 0 Å². The number of halogens is 3. The van der Waals surface area contributed by atoms with Crippen molar-refractivity contribution in [3.63, 3.8) is 0 Å². The van der Waals surface area contributed by atoms with Gasteiger partial charge in [0.1, 0.15) is 0 Å². The number of rotatable bonds is 6. The van der Waals surface area contributed by atoms with Crippen LogP contribution in [-0.2, 0) is 4.79 Å². The molecular weight excluding hydrogens is 235 g/mol. The molecule has 3 nitrogen and oxygen atoms in total. The van der Waals surface area contributed by atoms with Crippen LogP contribution in [-0.4, -0.2) is 29.3 Å². The molecule has 6 heteroatoms. The van der Waals surface area contributed by atoms with Crippen molar-refractivity contribution < 1.29 is 23.1 Å². The molecule has 0 aromatic rings. The molecule has 2 N–H and O–H groups in total. The fourth-order valence-corrected chi connectivity index (χ4v) is 1.18. The zero-order valence-electron chi connectivity index (χ0n) is 10.6. The smallest absolute Gasteiger partial charge is 0.389 e. The van der Waals surface area contributed by atoms with Crippen LogP contribution in [0, 0.1) is 5.41 Å². The van der Waals surface area contributed by atoms with Gasteiger partial charge in [0.25, 0.3) is 0 Å². The average molecular weight is 255 g/mol. The number of alkyl halides is 3. The highest BCUT2D eigenvalue weighted by Crippen LogP contribution is 2.30. The van der Waals surface area contributed by atoms with Crippen LogP contribution in [0.5, 0.6) is 0 Å². The molecule has 0 aromatic heterocycles. The summed E-state index contributed by atoms with van der Waals surface area (Å²) in [5, 5.41) is 11.9. The maximum atomic E-state index is 11.9. The number of aliphatic carboxylic acids is 1. The van der Waals surface area contributed by atoms with E-state index in [9.17, 15) is 18.0 Å². The quantitative estimate of drug-likeness (QED) is 0.717. The molecule has 0 saturated heterocycles. The van der Waals surface area contributed by atoms with E-state index in [0.29, 0.717) is 0 Å². The van der Waals surface area contributed by atoms with Gasteiger partial charge in [0.05, 0.1) is 5.41 Å². The summed E-state index contributed by atoms with van der Waals surface area (Å²) in [6.07, 6.45) is -5.07. The Hall–Kier alpha value is -0.780. The van der Waals surface area contributed by atoms with Gasteiger partial charge >= 0.3 is 12.1 Å². The lowest BCUT2D eigenvalue weighted by Gasteiger charge is -2.39. The number of hydrogen-bond acceptors (Lipinski definition) is 2. The van der Waals surface area contributed by atoms with Gasteiger partial charge in [-0.15, -0.1) is 0 Å². The van der Waals surface area contributed by atoms with Crippen molar-refractivity contribution in [3.05, 3.63) is 0 Å². The molecule has 0 saturated carbocycles. The average Bonchev–Trinajstić information content (AvgIpc) is 2.10. The van der Waals surface area contributed by atoms with Gasteiger partial charge in [-0.2, -0.15) is 13.2 Å². The van der Waals surface area contributed by atoms with E-state index >= 15 is 0 Å². The van der Waals surface area contributed by atoms with E-state index in [1.165, 1.54) is 0 Å². The molecule has 0 unspecified atom stereocenters. The van der Waals surface area contributed by atoms with Crippen molar-refractivity contribution in [2.45, 2.75) is 52.3 Å². The van der Waals surface area contributed by atoms with E-state index in [0.717, 1.165) is 0 Å². The van der Waals surface area contributed by atoms with Crippen molar-refractivity contribution in [1.29, 1.82) is 0 Å². The number of hydrogen-bond donors (Lipinski definition) is 2. The second-order valence-corrected chi connectivity index (χ2v) is 5.20. The summed E-state index contributed by atoms with van der Waals surface area (Å²) in [5.41, 5.74) is -1.82.